The van der Waals surface area contributed by atoms with Crippen molar-refractivity contribution in [2.24, 2.45) is 5.73 Å². The fourth-order valence-electron chi connectivity index (χ4n) is 2.60. The summed E-state index contributed by atoms with van der Waals surface area (Å²) in [6.45, 7) is 19.8. The third kappa shape index (κ3) is 10.8. The van der Waals surface area contributed by atoms with Gasteiger partial charge in [0.25, 0.3) is 0 Å². The maximum absolute atomic E-state index is 10.3. The number of aromatic nitrogens is 1. The molecule has 0 aromatic carbocycles. The zero-order valence-electron chi connectivity index (χ0n) is 20.5. The molecule has 1 aromatic rings. The lowest BCUT2D eigenvalue weighted by molar-refractivity contribution is -0.120. The van der Waals surface area contributed by atoms with Crippen molar-refractivity contribution < 1.29 is 9.53 Å². The molecular formula is C24H45N3O2. The van der Waals surface area contributed by atoms with Crippen LogP contribution in [0.25, 0.3) is 0 Å². The fraction of sp³-hybridized carbons (Fsp3) is 0.750. The van der Waals surface area contributed by atoms with E-state index in [4.69, 9.17) is 10.5 Å². The molecule has 5 nitrogen and oxygen atoms in total. The Bertz CT molecular complexity index is 584. The second-order valence-corrected chi connectivity index (χ2v) is 10.3. The predicted octanol–water partition coefficient (Wildman–Crippen LogP) is 5.24. The summed E-state index contributed by atoms with van der Waals surface area (Å²) in [7, 11) is 1.71. The first-order valence-corrected chi connectivity index (χ1v) is 10.7. The number of methoxy groups -OCH3 is 1. The minimum Gasteiger partial charge on any atom is -0.379 e. The maximum Gasteiger partial charge on any atom is 0.210 e. The molecule has 1 aliphatic heterocycles. The Labute approximate surface area is 179 Å². The Morgan fingerprint density at radius 1 is 1.24 bits per heavy atom. The molecule has 5 heteroatoms. The van der Waals surface area contributed by atoms with Crippen LogP contribution >= 0.6 is 0 Å². The molecule has 1 fully saturated rings. The molecule has 29 heavy (non-hydrogen) atoms. The molecule has 1 unspecified atom stereocenters. The van der Waals surface area contributed by atoms with Gasteiger partial charge in [0, 0.05) is 31.4 Å². The molecule has 0 aliphatic carbocycles. The summed E-state index contributed by atoms with van der Waals surface area (Å²) in [4.78, 5) is 16.6. The van der Waals surface area contributed by atoms with E-state index in [9.17, 15) is 4.79 Å². The first-order chi connectivity index (χ1) is 13.2. The number of amides is 1. The van der Waals surface area contributed by atoms with Gasteiger partial charge in [-0.2, -0.15) is 0 Å². The summed E-state index contributed by atoms with van der Waals surface area (Å²) in [5.41, 5.74) is 8.47. The van der Waals surface area contributed by atoms with E-state index in [0.717, 1.165) is 37.9 Å². The van der Waals surface area contributed by atoms with E-state index in [1.165, 1.54) is 5.56 Å². The van der Waals surface area contributed by atoms with Crippen LogP contribution in [0.4, 0.5) is 0 Å². The number of nitrogens with zero attached hydrogens (tertiary/aromatic N) is 2. The van der Waals surface area contributed by atoms with Gasteiger partial charge in [0.15, 0.2) is 0 Å². The Balaban J connectivity index is 0.000000448. The molecule has 0 spiro atoms. The first kappa shape index (κ1) is 27.5. The molecule has 2 N–H and O–H groups in total. The number of hydrogen-bond donors (Lipinski definition) is 1. The van der Waals surface area contributed by atoms with Gasteiger partial charge in [0.2, 0.25) is 6.41 Å². The highest BCUT2D eigenvalue weighted by molar-refractivity contribution is 5.49. The van der Waals surface area contributed by atoms with Crippen LogP contribution in [0, 0.1) is 0 Å². The van der Waals surface area contributed by atoms with E-state index >= 15 is 0 Å². The molecule has 2 rings (SSSR count). The minimum absolute atomic E-state index is 0.0417. The van der Waals surface area contributed by atoms with E-state index in [2.05, 4.69) is 52.6 Å². The standard InChI is InChI=1S/C12H20N2.C7H13NO.C5H12O/c1-5-10(13)11-7-6-9(8-14-11)12(2,3)4;1-7(2)4-3-5-8(7)6-9;1-5(2,3)6-4/h6-8,10H,5,13H2,1-4H3;6H,3-5H2,1-2H3;1-4H3. The maximum atomic E-state index is 10.3. The zero-order valence-corrected chi connectivity index (χ0v) is 20.5. The average molecular weight is 408 g/mol. The number of pyridine rings is 1. The number of nitrogens with two attached hydrogens (primary N) is 1. The number of ether oxygens (including phenoxy) is 1. The summed E-state index contributed by atoms with van der Waals surface area (Å²) < 4.78 is 4.94. The van der Waals surface area contributed by atoms with Gasteiger partial charge in [-0.1, -0.05) is 33.8 Å². The van der Waals surface area contributed by atoms with Crippen molar-refractivity contribution in [2.45, 2.75) is 104 Å². The fourth-order valence-corrected chi connectivity index (χ4v) is 2.60. The molecule has 1 amide bonds. The summed E-state index contributed by atoms with van der Waals surface area (Å²) >= 11 is 0. The molecule has 0 radical (unpaired) electrons. The minimum atomic E-state index is 0.0417. The van der Waals surface area contributed by atoms with E-state index in [-0.39, 0.29) is 22.6 Å². The number of rotatable bonds is 3. The van der Waals surface area contributed by atoms with Crippen LogP contribution in [-0.4, -0.2) is 41.1 Å². The smallest absolute Gasteiger partial charge is 0.210 e. The largest absolute Gasteiger partial charge is 0.379 e. The lowest BCUT2D eigenvalue weighted by Gasteiger charge is -2.27. The van der Waals surface area contributed by atoms with Crippen LogP contribution in [0.5, 0.6) is 0 Å². The van der Waals surface area contributed by atoms with Gasteiger partial charge in [-0.25, -0.2) is 0 Å². The van der Waals surface area contributed by atoms with Crippen molar-refractivity contribution in [2.75, 3.05) is 13.7 Å². The molecule has 1 aromatic heterocycles. The Morgan fingerprint density at radius 3 is 2.03 bits per heavy atom. The number of carbonyl (C=O) groups excluding carboxylic acids is 1. The van der Waals surface area contributed by atoms with Crippen LogP contribution in [0.2, 0.25) is 0 Å². The summed E-state index contributed by atoms with van der Waals surface area (Å²) in [6.07, 6.45) is 6.12. The van der Waals surface area contributed by atoms with Crippen molar-refractivity contribution >= 4 is 6.41 Å². The average Bonchev–Trinajstić information content (AvgIpc) is 2.99. The Morgan fingerprint density at radius 2 is 1.79 bits per heavy atom. The van der Waals surface area contributed by atoms with Gasteiger partial charge in [-0.05, 0) is 70.9 Å². The van der Waals surface area contributed by atoms with Crippen LogP contribution in [-0.2, 0) is 14.9 Å². The Kier molecular flexibility index (Phi) is 11.1. The van der Waals surface area contributed by atoms with E-state index in [1.54, 1.807) is 7.11 Å². The molecule has 168 valence electrons. The highest BCUT2D eigenvalue weighted by Gasteiger charge is 2.30. The second-order valence-electron chi connectivity index (χ2n) is 10.3. The van der Waals surface area contributed by atoms with E-state index in [0.29, 0.717) is 0 Å². The van der Waals surface area contributed by atoms with Gasteiger partial charge in [-0.3, -0.25) is 9.78 Å². The van der Waals surface area contributed by atoms with Gasteiger partial charge in [0.1, 0.15) is 0 Å². The van der Waals surface area contributed by atoms with Crippen molar-refractivity contribution in [1.82, 2.24) is 9.88 Å². The zero-order chi connectivity index (χ0) is 22.9. The molecule has 2 heterocycles. The SMILES string of the molecule is CC1(C)CCCN1C=O.CCC(N)c1ccc(C(C)(C)C)cn1.COC(C)(C)C. The quantitative estimate of drug-likeness (QED) is 0.696. The molecule has 0 bridgehead atoms. The molecule has 1 saturated heterocycles. The van der Waals surface area contributed by atoms with Gasteiger partial charge in [-0.15, -0.1) is 0 Å². The van der Waals surface area contributed by atoms with Gasteiger partial charge < -0.3 is 15.4 Å². The molecule has 1 aliphatic rings. The summed E-state index contributed by atoms with van der Waals surface area (Å²) in [5, 5.41) is 0. The van der Waals surface area contributed by atoms with Crippen LogP contribution in [0.15, 0.2) is 18.3 Å². The van der Waals surface area contributed by atoms with Crippen LogP contribution < -0.4 is 5.73 Å². The Hall–Kier alpha value is -1.46. The lowest BCUT2D eigenvalue weighted by Crippen LogP contribution is -2.36. The van der Waals surface area contributed by atoms with E-state index in [1.807, 2.05) is 37.9 Å². The monoisotopic (exact) mass is 407 g/mol. The highest BCUT2D eigenvalue weighted by Crippen LogP contribution is 2.26. The number of carbonyl (C=O) groups is 1. The van der Waals surface area contributed by atoms with Crippen molar-refractivity contribution in [3.8, 4) is 0 Å². The number of likely N-dealkylation sites (tertiary alicyclic amines) is 1. The van der Waals surface area contributed by atoms with Crippen LogP contribution in [0.3, 0.4) is 0 Å². The number of hydrogen-bond acceptors (Lipinski definition) is 4. The van der Waals surface area contributed by atoms with Crippen LogP contribution in [0.1, 0.15) is 98.9 Å². The summed E-state index contributed by atoms with van der Waals surface area (Å²) in [6, 6.07) is 4.23. The third-order valence-corrected chi connectivity index (χ3v) is 5.18. The molecule has 0 saturated carbocycles. The first-order valence-electron chi connectivity index (χ1n) is 10.7. The molecule has 1 atom stereocenters. The topological polar surface area (TPSA) is 68.5 Å². The summed E-state index contributed by atoms with van der Waals surface area (Å²) in [5.74, 6) is 0. The molecular weight excluding hydrogens is 362 g/mol. The highest BCUT2D eigenvalue weighted by atomic mass is 16.5. The third-order valence-electron chi connectivity index (χ3n) is 5.18. The second kappa shape index (κ2) is 11.7. The van der Waals surface area contributed by atoms with Gasteiger partial charge >= 0.3 is 0 Å². The lowest BCUT2D eigenvalue weighted by atomic mass is 9.88. The van der Waals surface area contributed by atoms with Crippen molar-refractivity contribution in [1.29, 1.82) is 0 Å². The van der Waals surface area contributed by atoms with Crippen molar-refractivity contribution in [3.63, 3.8) is 0 Å². The predicted molar refractivity (Wildman–Crippen MR) is 123 cm³/mol. The van der Waals surface area contributed by atoms with E-state index < -0.39 is 0 Å². The normalized spacial score (nSPS) is 16.9. The van der Waals surface area contributed by atoms with Gasteiger partial charge in [0.05, 0.1) is 11.3 Å². The van der Waals surface area contributed by atoms with Crippen molar-refractivity contribution in [3.05, 3.63) is 29.6 Å².